The number of amides is 1. The summed E-state index contributed by atoms with van der Waals surface area (Å²) in [5.74, 6) is -1.39. The summed E-state index contributed by atoms with van der Waals surface area (Å²) in [6.45, 7) is 1.09. The maximum atomic E-state index is 11.5. The molecule has 0 saturated heterocycles. The summed E-state index contributed by atoms with van der Waals surface area (Å²) in [5, 5.41) is 11.3. The molecule has 1 aromatic rings. The lowest BCUT2D eigenvalue weighted by Gasteiger charge is -2.04. The van der Waals surface area contributed by atoms with Crippen LogP contribution in [0, 0.1) is 0 Å². The van der Waals surface area contributed by atoms with Gasteiger partial charge in [-0.1, -0.05) is 0 Å². The number of hydrogen-bond donors (Lipinski definition) is 2. The highest BCUT2D eigenvalue weighted by Crippen LogP contribution is 2.00. The highest BCUT2D eigenvalue weighted by atomic mass is 16.5. The fraction of sp³-hybridized carbons (Fsp3) is 0.364. The van der Waals surface area contributed by atoms with Crippen LogP contribution in [0.25, 0.3) is 0 Å². The summed E-state index contributed by atoms with van der Waals surface area (Å²) in [6, 6.07) is 2.73. The van der Waals surface area contributed by atoms with Gasteiger partial charge in [0.15, 0.2) is 0 Å². The molecule has 1 amide bonds. The first-order valence-electron chi connectivity index (χ1n) is 5.11. The Morgan fingerprint density at radius 1 is 1.47 bits per heavy atom. The summed E-state index contributed by atoms with van der Waals surface area (Å²) in [5.41, 5.74) is 0.258. The van der Waals surface area contributed by atoms with Gasteiger partial charge < -0.3 is 15.2 Å². The lowest BCUT2D eigenvalue weighted by molar-refractivity contribution is 0.0689. The molecule has 0 aliphatic carbocycles. The molecule has 0 aromatic carbocycles. The Morgan fingerprint density at radius 2 is 2.24 bits per heavy atom. The van der Waals surface area contributed by atoms with Crippen molar-refractivity contribution >= 4 is 11.9 Å². The monoisotopic (exact) mass is 238 g/mol. The van der Waals surface area contributed by atoms with Gasteiger partial charge in [0.25, 0.3) is 5.91 Å². The molecular formula is C11H14N2O4. The summed E-state index contributed by atoms with van der Waals surface area (Å²) >= 11 is 0. The van der Waals surface area contributed by atoms with Crippen molar-refractivity contribution in [2.45, 2.75) is 6.42 Å². The molecule has 1 heterocycles. The van der Waals surface area contributed by atoms with Crippen molar-refractivity contribution in [1.82, 2.24) is 10.3 Å². The lowest BCUT2D eigenvalue weighted by atomic mass is 10.2. The van der Waals surface area contributed by atoms with Crippen molar-refractivity contribution in [3.8, 4) is 0 Å². The highest BCUT2D eigenvalue weighted by molar-refractivity contribution is 5.94. The van der Waals surface area contributed by atoms with Gasteiger partial charge in [0.1, 0.15) is 5.69 Å². The molecule has 1 aromatic heterocycles. The van der Waals surface area contributed by atoms with Crippen LogP contribution in [-0.4, -0.2) is 42.2 Å². The number of carboxylic acid groups (broad SMARTS) is 1. The van der Waals surface area contributed by atoms with Crippen molar-refractivity contribution < 1.29 is 19.4 Å². The van der Waals surface area contributed by atoms with Crippen LogP contribution in [0.15, 0.2) is 18.3 Å². The van der Waals surface area contributed by atoms with Crippen LogP contribution in [0.3, 0.4) is 0 Å². The average Bonchev–Trinajstić information content (AvgIpc) is 2.34. The summed E-state index contributed by atoms with van der Waals surface area (Å²) in [6.07, 6.45) is 1.97. The first kappa shape index (κ1) is 13.1. The van der Waals surface area contributed by atoms with E-state index < -0.39 is 5.97 Å². The van der Waals surface area contributed by atoms with Crippen LogP contribution in [0.4, 0.5) is 0 Å². The fourth-order valence-electron chi connectivity index (χ4n) is 1.18. The number of pyridine rings is 1. The topological polar surface area (TPSA) is 88.5 Å². The Labute approximate surface area is 98.6 Å². The second-order valence-corrected chi connectivity index (χ2v) is 3.34. The molecule has 0 radical (unpaired) electrons. The first-order chi connectivity index (χ1) is 8.15. The van der Waals surface area contributed by atoms with Crippen LogP contribution in [0.2, 0.25) is 0 Å². The van der Waals surface area contributed by atoms with E-state index in [9.17, 15) is 9.59 Å². The molecule has 0 aliphatic rings. The van der Waals surface area contributed by atoms with Gasteiger partial charge in [-0.25, -0.2) is 9.78 Å². The molecule has 1 rings (SSSR count). The molecule has 0 aliphatic heterocycles. The quantitative estimate of drug-likeness (QED) is 0.706. The van der Waals surface area contributed by atoms with Crippen molar-refractivity contribution in [3.63, 3.8) is 0 Å². The van der Waals surface area contributed by atoms with E-state index in [1.165, 1.54) is 18.3 Å². The fourth-order valence-corrected chi connectivity index (χ4v) is 1.18. The number of ether oxygens (including phenoxy) is 1. The molecule has 0 saturated carbocycles. The molecule has 6 nitrogen and oxygen atoms in total. The Hall–Kier alpha value is -1.95. The SMILES string of the molecule is COCCCNC(=O)c1ccc(C(=O)O)nc1. The summed E-state index contributed by atoms with van der Waals surface area (Å²) in [4.78, 5) is 25.8. The van der Waals surface area contributed by atoms with E-state index in [2.05, 4.69) is 10.3 Å². The minimum absolute atomic E-state index is 0.0825. The Kier molecular flexibility index (Phi) is 5.09. The number of hydrogen-bond acceptors (Lipinski definition) is 4. The lowest BCUT2D eigenvalue weighted by Crippen LogP contribution is -2.25. The number of carbonyl (C=O) groups excluding carboxylic acids is 1. The molecular weight excluding hydrogens is 224 g/mol. The van der Waals surface area contributed by atoms with Gasteiger partial charge in [-0.05, 0) is 18.6 Å². The Bertz CT molecular complexity index is 389. The first-order valence-corrected chi connectivity index (χ1v) is 5.11. The standard InChI is InChI=1S/C11H14N2O4/c1-17-6-2-5-12-10(14)8-3-4-9(11(15)16)13-7-8/h3-4,7H,2,5-6H2,1H3,(H,12,14)(H,15,16). The van der Waals surface area contributed by atoms with E-state index >= 15 is 0 Å². The van der Waals surface area contributed by atoms with Crippen LogP contribution in [0.1, 0.15) is 27.3 Å². The molecule has 0 unspecified atom stereocenters. The van der Waals surface area contributed by atoms with Crippen molar-refractivity contribution in [2.75, 3.05) is 20.3 Å². The van der Waals surface area contributed by atoms with Crippen LogP contribution >= 0.6 is 0 Å². The van der Waals surface area contributed by atoms with E-state index in [0.717, 1.165) is 6.42 Å². The van der Waals surface area contributed by atoms with E-state index in [4.69, 9.17) is 9.84 Å². The van der Waals surface area contributed by atoms with Crippen molar-refractivity contribution in [2.24, 2.45) is 0 Å². The van der Waals surface area contributed by atoms with Gasteiger partial charge in [0.2, 0.25) is 0 Å². The van der Waals surface area contributed by atoms with Gasteiger partial charge in [-0.15, -0.1) is 0 Å². The van der Waals surface area contributed by atoms with Crippen molar-refractivity contribution in [3.05, 3.63) is 29.6 Å². The molecule has 0 atom stereocenters. The number of nitrogens with zero attached hydrogens (tertiary/aromatic N) is 1. The normalized spacial score (nSPS) is 9.94. The van der Waals surface area contributed by atoms with Gasteiger partial charge in [-0.3, -0.25) is 4.79 Å². The molecule has 92 valence electrons. The summed E-state index contributed by atoms with van der Waals surface area (Å²) in [7, 11) is 1.59. The van der Waals surface area contributed by atoms with E-state index in [0.29, 0.717) is 18.7 Å². The van der Waals surface area contributed by atoms with Gasteiger partial charge in [0.05, 0.1) is 5.56 Å². The molecule has 17 heavy (non-hydrogen) atoms. The summed E-state index contributed by atoms with van der Waals surface area (Å²) < 4.78 is 4.84. The minimum atomic E-state index is -1.11. The van der Waals surface area contributed by atoms with E-state index in [1.54, 1.807) is 7.11 Å². The predicted molar refractivity (Wildman–Crippen MR) is 60.0 cm³/mol. The van der Waals surface area contributed by atoms with Crippen LogP contribution in [-0.2, 0) is 4.74 Å². The van der Waals surface area contributed by atoms with Gasteiger partial charge in [-0.2, -0.15) is 0 Å². The smallest absolute Gasteiger partial charge is 0.354 e. The third-order valence-electron chi connectivity index (χ3n) is 2.06. The number of aromatic carboxylic acids is 1. The minimum Gasteiger partial charge on any atom is -0.477 e. The highest BCUT2D eigenvalue weighted by Gasteiger charge is 2.08. The third kappa shape index (κ3) is 4.20. The number of rotatable bonds is 6. The maximum Gasteiger partial charge on any atom is 0.354 e. The number of carboxylic acids is 1. The zero-order valence-electron chi connectivity index (χ0n) is 9.47. The van der Waals surface area contributed by atoms with Crippen LogP contribution < -0.4 is 5.32 Å². The zero-order valence-corrected chi connectivity index (χ0v) is 9.47. The number of aromatic nitrogens is 1. The molecule has 0 fully saturated rings. The number of nitrogens with one attached hydrogen (secondary N) is 1. The van der Waals surface area contributed by atoms with Gasteiger partial charge >= 0.3 is 5.97 Å². The molecule has 0 bridgehead atoms. The van der Waals surface area contributed by atoms with Gasteiger partial charge in [0, 0.05) is 26.5 Å². The molecule has 0 spiro atoms. The molecule has 2 N–H and O–H groups in total. The predicted octanol–water partition coefficient (Wildman–Crippen LogP) is 0.546. The number of methoxy groups -OCH3 is 1. The van der Waals surface area contributed by atoms with E-state index in [-0.39, 0.29) is 11.6 Å². The second-order valence-electron chi connectivity index (χ2n) is 3.34. The number of carbonyl (C=O) groups is 2. The maximum absolute atomic E-state index is 11.5. The third-order valence-corrected chi connectivity index (χ3v) is 2.06. The Morgan fingerprint density at radius 3 is 2.76 bits per heavy atom. The van der Waals surface area contributed by atoms with Crippen LogP contribution in [0.5, 0.6) is 0 Å². The molecule has 6 heteroatoms. The average molecular weight is 238 g/mol. The largest absolute Gasteiger partial charge is 0.477 e. The second kappa shape index (κ2) is 6.59. The van der Waals surface area contributed by atoms with E-state index in [1.807, 2.05) is 0 Å². The van der Waals surface area contributed by atoms with Crippen molar-refractivity contribution in [1.29, 1.82) is 0 Å². The Balaban J connectivity index is 2.49. The zero-order chi connectivity index (χ0) is 12.7.